The molecule has 0 radical (unpaired) electrons. The summed E-state index contributed by atoms with van der Waals surface area (Å²) in [7, 11) is 1.26. The van der Waals surface area contributed by atoms with E-state index < -0.39 is 11.6 Å². The van der Waals surface area contributed by atoms with E-state index in [0.717, 1.165) is 44.2 Å². The van der Waals surface area contributed by atoms with Crippen LogP contribution in [0.1, 0.15) is 32.1 Å². The van der Waals surface area contributed by atoms with E-state index in [1.165, 1.54) is 7.11 Å². The van der Waals surface area contributed by atoms with Gasteiger partial charge in [0.1, 0.15) is 0 Å². The second-order valence-electron chi connectivity index (χ2n) is 6.65. The highest BCUT2D eigenvalue weighted by atomic mass is 19.1. The average molecular weight is 324 g/mol. The van der Waals surface area contributed by atoms with Crippen molar-refractivity contribution < 1.29 is 18.3 Å². The molecular formula is C17H22F2N2O2. The van der Waals surface area contributed by atoms with Crippen LogP contribution >= 0.6 is 0 Å². The molecule has 6 heteroatoms. The van der Waals surface area contributed by atoms with Gasteiger partial charge in [-0.3, -0.25) is 4.79 Å². The lowest BCUT2D eigenvalue weighted by atomic mass is 9.65. The summed E-state index contributed by atoms with van der Waals surface area (Å²) in [5.41, 5.74) is 6.07. The highest BCUT2D eigenvalue weighted by Crippen LogP contribution is 2.42. The Bertz CT molecular complexity index is 595. The Balaban J connectivity index is 1.71. The van der Waals surface area contributed by atoms with E-state index >= 15 is 0 Å². The van der Waals surface area contributed by atoms with Crippen LogP contribution in [-0.4, -0.2) is 19.1 Å². The summed E-state index contributed by atoms with van der Waals surface area (Å²) < 4.78 is 32.4. The van der Waals surface area contributed by atoms with Gasteiger partial charge >= 0.3 is 0 Å². The number of fused-ring (bicyclic) bond motifs is 2. The van der Waals surface area contributed by atoms with Gasteiger partial charge in [-0.25, -0.2) is 8.78 Å². The van der Waals surface area contributed by atoms with Crippen LogP contribution in [0.2, 0.25) is 0 Å². The van der Waals surface area contributed by atoms with Crippen molar-refractivity contribution in [3.8, 4) is 5.75 Å². The minimum absolute atomic E-state index is 0.145. The molecule has 0 aromatic heterocycles. The molecule has 1 aromatic carbocycles. The van der Waals surface area contributed by atoms with Gasteiger partial charge in [0.25, 0.3) is 0 Å². The van der Waals surface area contributed by atoms with Crippen LogP contribution in [0.25, 0.3) is 0 Å². The molecule has 3 rings (SSSR count). The maximum atomic E-state index is 14.0. The predicted octanol–water partition coefficient (Wildman–Crippen LogP) is 3.07. The first-order valence-corrected chi connectivity index (χ1v) is 8.09. The van der Waals surface area contributed by atoms with Crippen LogP contribution < -0.4 is 15.8 Å². The summed E-state index contributed by atoms with van der Waals surface area (Å²) >= 11 is 0. The van der Waals surface area contributed by atoms with Crippen LogP contribution in [0.3, 0.4) is 0 Å². The molecule has 2 fully saturated rings. The van der Waals surface area contributed by atoms with Gasteiger partial charge in [0.2, 0.25) is 5.91 Å². The third-order valence-corrected chi connectivity index (χ3v) is 5.28. The molecule has 0 heterocycles. The van der Waals surface area contributed by atoms with Crippen molar-refractivity contribution >= 4 is 11.6 Å². The highest BCUT2D eigenvalue weighted by Gasteiger charge is 2.40. The molecule has 0 saturated heterocycles. The van der Waals surface area contributed by atoms with E-state index in [1.807, 2.05) is 0 Å². The Morgan fingerprint density at radius 1 is 1.22 bits per heavy atom. The Labute approximate surface area is 134 Å². The van der Waals surface area contributed by atoms with E-state index in [2.05, 4.69) is 5.32 Å². The first-order chi connectivity index (χ1) is 11.0. The Morgan fingerprint density at radius 3 is 2.48 bits per heavy atom. The van der Waals surface area contributed by atoms with Gasteiger partial charge in [0, 0.05) is 24.1 Å². The molecule has 1 aromatic rings. The molecular weight excluding hydrogens is 302 g/mol. The number of methoxy groups -OCH3 is 1. The Morgan fingerprint density at radius 2 is 1.87 bits per heavy atom. The lowest BCUT2D eigenvalue weighted by Gasteiger charge is -2.43. The van der Waals surface area contributed by atoms with E-state index in [0.29, 0.717) is 11.8 Å². The van der Waals surface area contributed by atoms with E-state index in [-0.39, 0.29) is 29.3 Å². The number of nitrogens with two attached hydrogens (primary N) is 1. The normalized spacial score (nSPS) is 29.9. The van der Waals surface area contributed by atoms with Crippen LogP contribution in [-0.2, 0) is 4.79 Å². The molecule has 2 saturated carbocycles. The van der Waals surface area contributed by atoms with E-state index in [9.17, 15) is 13.6 Å². The Hall–Kier alpha value is -1.69. The van der Waals surface area contributed by atoms with Crippen molar-refractivity contribution in [3.05, 3.63) is 23.8 Å². The SMILES string of the molecule is COc1cc(F)c(NC(=O)C2CC3CCCC(C2)C3N)cc1F. The lowest BCUT2D eigenvalue weighted by Crippen LogP contribution is -2.48. The van der Waals surface area contributed by atoms with Crippen molar-refractivity contribution in [1.29, 1.82) is 0 Å². The third kappa shape index (κ3) is 3.17. The molecule has 3 N–H and O–H groups in total. The van der Waals surface area contributed by atoms with Crippen molar-refractivity contribution in [2.45, 2.75) is 38.1 Å². The van der Waals surface area contributed by atoms with Crippen molar-refractivity contribution in [2.75, 3.05) is 12.4 Å². The number of hydrogen-bond donors (Lipinski definition) is 2. The molecule has 2 unspecified atom stereocenters. The minimum atomic E-state index is -0.704. The van der Waals surface area contributed by atoms with Gasteiger partial charge in [0.15, 0.2) is 17.4 Å². The molecule has 23 heavy (non-hydrogen) atoms. The Kier molecular flexibility index (Phi) is 4.53. The zero-order chi connectivity index (χ0) is 16.6. The summed E-state index contributed by atoms with van der Waals surface area (Å²) in [5.74, 6) is -1.31. The van der Waals surface area contributed by atoms with Crippen LogP contribution in [0.15, 0.2) is 12.1 Å². The van der Waals surface area contributed by atoms with Gasteiger partial charge in [-0.15, -0.1) is 0 Å². The van der Waals surface area contributed by atoms with Crippen LogP contribution in [0.4, 0.5) is 14.5 Å². The number of amides is 1. The number of carbonyl (C=O) groups is 1. The fourth-order valence-electron chi connectivity index (χ4n) is 4.02. The minimum Gasteiger partial charge on any atom is -0.494 e. The third-order valence-electron chi connectivity index (χ3n) is 5.28. The number of rotatable bonds is 3. The largest absolute Gasteiger partial charge is 0.494 e. The smallest absolute Gasteiger partial charge is 0.227 e. The average Bonchev–Trinajstić information content (AvgIpc) is 2.50. The quantitative estimate of drug-likeness (QED) is 0.898. The number of nitrogens with one attached hydrogen (secondary N) is 1. The molecule has 2 atom stereocenters. The fourth-order valence-corrected chi connectivity index (χ4v) is 4.02. The van der Waals surface area contributed by atoms with Crippen LogP contribution in [0.5, 0.6) is 5.75 Å². The van der Waals surface area contributed by atoms with Crippen molar-refractivity contribution in [2.24, 2.45) is 23.5 Å². The summed E-state index contributed by atoms with van der Waals surface area (Å²) in [6, 6.07) is 2.07. The molecule has 126 valence electrons. The zero-order valence-corrected chi connectivity index (χ0v) is 13.1. The molecule has 2 aliphatic carbocycles. The standard InChI is InChI=1S/C17H22F2N2O2/c1-23-15-8-12(18)14(7-13(15)19)21-17(22)11-5-9-3-2-4-10(6-11)16(9)20/h7-11,16H,2-6,20H2,1H3,(H,21,22). The van der Waals surface area contributed by atoms with Gasteiger partial charge in [-0.2, -0.15) is 0 Å². The summed E-state index contributed by atoms with van der Waals surface area (Å²) in [4.78, 5) is 12.5. The summed E-state index contributed by atoms with van der Waals surface area (Å²) in [6.45, 7) is 0. The number of carbonyl (C=O) groups excluding carboxylic acids is 1. The number of ether oxygens (including phenoxy) is 1. The predicted molar refractivity (Wildman–Crippen MR) is 83.1 cm³/mol. The monoisotopic (exact) mass is 324 g/mol. The second-order valence-corrected chi connectivity index (χ2v) is 6.65. The number of benzene rings is 1. The number of anilines is 1. The summed E-state index contributed by atoms with van der Waals surface area (Å²) in [6.07, 6.45) is 4.71. The van der Waals surface area contributed by atoms with Crippen molar-refractivity contribution in [3.63, 3.8) is 0 Å². The van der Waals surface area contributed by atoms with Gasteiger partial charge in [0.05, 0.1) is 12.8 Å². The number of hydrogen-bond acceptors (Lipinski definition) is 3. The maximum Gasteiger partial charge on any atom is 0.227 e. The fraction of sp³-hybridized carbons (Fsp3) is 0.588. The first-order valence-electron chi connectivity index (χ1n) is 8.09. The molecule has 0 spiro atoms. The van der Waals surface area contributed by atoms with Crippen LogP contribution in [0, 0.1) is 29.4 Å². The second kappa shape index (κ2) is 6.43. The molecule has 2 bridgehead atoms. The molecule has 0 aliphatic heterocycles. The van der Waals surface area contributed by atoms with Gasteiger partial charge < -0.3 is 15.8 Å². The zero-order valence-electron chi connectivity index (χ0n) is 13.1. The van der Waals surface area contributed by atoms with Gasteiger partial charge in [-0.05, 0) is 37.5 Å². The van der Waals surface area contributed by atoms with E-state index in [4.69, 9.17) is 10.5 Å². The summed E-state index contributed by atoms with van der Waals surface area (Å²) in [5, 5.41) is 2.53. The number of halogens is 2. The molecule has 2 aliphatic rings. The topological polar surface area (TPSA) is 64.3 Å². The molecule has 4 nitrogen and oxygen atoms in total. The lowest BCUT2D eigenvalue weighted by molar-refractivity contribution is -0.122. The first kappa shape index (κ1) is 16.2. The van der Waals surface area contributed by atoms with Crippen molar-refractivity contribution in [1.82, 2.24) is 0 Å². The maximum absolute atomic E-state index is 14.0. The highest BCUT2D eigenvalue weighted by molar-refractivity contribution is 5.92. The van der Waals surface area contributed by atoms with E-state index in [1.54, 1.807) is 0 Å². The van der Waals surface area contributed by atoms with Gasteiger partial charge in [-0.1, -0.05) is 6.42 Å². The molecule has 1 amide bonds.